The molecule has 3 aromatic rings. The van der Waals surface area contributed by atoms with Crippen molar-refractivity contribution < 1.29 is 13.9 Å². The van der Waals surface area contributed by atoms with Gasteiger partial charge < -0.3 is 9.15 Å². The molecule has 2 heterocycles. The molecule has 1 aliphatic rings. The van der Waals surface area contributed by atoms with Crippen LogP contribution in [0.2, 0.25) is 10.0 Å². The van der Waals surface area contributed by atoms with Gasteiger partial charge in [0.15, 0.2) is 5.70 Å². The molecule has 4 rings (SSSR count). The number of cyclic esters (lactones) is 1. The number of rotatable bonds is 3. The van der Waals surface area contributed by atoms with Crippen molar-refractivity contribution >= 4 is 57.1 Å². The summed E-state index contributed by atoms with van der Waals surface area (Å²) in [6.45, 7) is 0. The molecule has 4 nitrogen and oxygen atoms in total. The molecule has 0 radical (unpaired) electrons. The summed E-state index contributed by atoms with van der Waals surface area (Å²) in [5, 5.41) is 1.07. The van der Waals surface area contributed by atoms with E-state index in [0.29, 0.717) is 32.7 Å². The third kappa shape index (κ3) is 3.72. The molecule has 0 N–H and O–H groups in total. The van der Waals surface area contributed by atoms with E-state index in [4.69, 9.17) is 32.4 Å². The number of ether oxygens (including phenoxy) is 1. The summed E-state index contributed by atoms with van der Waals surface area (Å²) >= 11 is 15.6. The van der Waals surface area contributed by atoms with Gasteiger partial charge in [0.25, 0.3) is 0 Å². The van der Waals surface area contributed by atoms with Crippen molar-refractivity contribution in [1.82, 2.24) is 0 Å². The highest BCUT2D eigenvalue weighted by Gasteiger charge is 2.25. The fourth-order valence-corrected chi connectivity index (χ4v) is 3.39. The average Bonchev–Trinajstić information content (AvgIpc) is 3.25. The minimum Gasteiger partial charge on any atom is -0.457 e. The summed E-state index contributed by atoms with van der Waals surface area (Å²) in [5.41, 5.74) is 1.51. The molecule has 0 aliphatic carbocycles. The van der Waals surface area contributed by atoms with E-state index in [1.54, 1.807) is 30.3 Å². The second kappa shape index (κ2) is 7.35. The SMILES string of the molecule is O=C1OC(c2ccccc2Br)=N/C1=C\c1ccc(-c2cc(Cl)ccc2Cl)o1. The number of nitrogens with zero attached hydrogens (tertiary/aromatic N) is 1. The number of benzene rings is 2. The van der Waals surface area contributed by atoms with Crippen LogP contribution in [0.1, 0.15) is 11.3 Å². The van der Waals surface area contributed by atoms with E-state index >= 15 is 0 Å². The molecule has 0 unspecified atom stereocenters. The van der Waals surface area contributed by atoms with Crippen molar-refractivity contribution in [3.63, 3.8) is 0 Å². The van der Waals surface area contributed by atoms with Crippen molar-refractivity contribution in [1.29, 1.82) is 0 Å². The molecule has 7 heteroatoms. The Morgan fingerprint density at radius 2 is 1.81 bits per heavy atom. The molecule has 0 saturated carbocycles. The second-order valence-corrected chi connectivity index (χ2v) is 7.34. The number of carbonyl (C=O) groups is 1. The van der Waals surface area contributed by atoms with Crippen LogP contribution in [-0.4, -0.2) is 11.9 Å². The summed E-state index contributed by atoms with van der Waals surface area (Å²) in [4.78, 5) is 16.4. The fourth-order valence-electron chi connectivity index (χ4n) is 2.56. The highest BCUT2D eigenvalue weighted by Crippen LogP contribution is 2.32. The maximum Gasteiger partial charge on any atom is 0.363 e. The van der Waals surface area contributed by atoms with E-state index in [1.807, 2.05) is 24.3 Å². The van der Waals surface area contributed by atoms with Crippen LogP contribution in [0.4, 0.5) is 0 Å². The van der Waals surface area contributed by atoms with Crippen LogP contribution in [0.25, 0.3) is 17.4 Å². The molecule has 0 atom stereocenters. The van der Waals surface area contributed by atoms with Gasteiger partial charge in [0.2, 0.25) is 5.90 Å². The second-order valence-electron chi connectivity index (χ2n) is 5.64. The Kier molecular flexibility index (Phi) is 4.91. The molecule has 0 fully saturated rings. The Morgan fingerprint density at radius 1 is 1.00 bits per heavy atom. The minimum atomic E-state index is -0.542. The number of hydrogen-bond donors (Lipinski definition) is 0. The summed E-state index contributed by atoms with van der Waals surface area (Å²) in [7, 11) is 0. The number of hydrogen-bond acceptors (Lipinski definition) is 4. The van der Waals surface area contributed by atoms with E-state index in [2.05, 4.69) is 20.9 Å². The quantitative estimate of drug-likeness (QED) is 0.336. The first-order valence-corrected chi connectivity index (χ1v) is 9.39. The number of esters is 1. The Labute approximate surface area is 173 Å². The van der Waals surface area contributed by atoms with Crippen LogP contribution in [0.5, 0.6) is 0 Å². The van der Waals surface area contributed by atoms with Gasteiger partial charge in [-0.25, -0.2) is 9.79 Å². The van der Waals surface area contributed by atoms with Gasteiger partial charge in [0.05, 0.1) is 10.6 Å². The third-order valence-corrected chi connectivity index (χ3v) is 5.08. The van der Waals surface area contributed by atoms with Crippen LogP contribution < -0.4 is 0 Å². The summed E-state index contributed by atoms with van der Waals surface area (Å²) in [6.07, 6.45) is 1.52. The van der Waals surface area contributed by atoms with Gasteiger partial charge in [0, 0.05) is 21.1 Å². The summed E-state index contributed by atoms with van der Waals surface area (Å²) in [5.74, 6) is 0.684. The largest absolute Gasteiger partial charge is 0.457 e. The van der Waals surface area contributed by atoms with Crippen LogP contribution in [-0.2, 0) is 9.53 Å². The molecule has 0 amide bonds. The maximum absolute atomic E-state index is 12.1. The number of halogens is 3. The minimum absolute atomic E-state index is 0.152. The van der Waals surface area contributed by atoms with E-state index in [0.717, 1.165) is 4.47 Å². The molecular formula is C20H10BrCl2NO3. The van der Waals surface area contributed by atoms with Gasteiger partial charge in [-0.05, 0) is 58.4 Å². The topological polar surface area (TPSA) is 51.8 Å². The maximum atomic E-state index is 12.1. The monoisotopic (exact) mass is 461 g/mol. The highest BCUT2D eigenvalue weighted by molar-refractivity contribution is 9.10. The number of carbonyl (C=O) groups excluding carboxylic acids is 1. The molecule has 2 aromatic carbocycles. The fraction of sp³-hybridized carbons (Fsp3) is 0. The Morgan fingerprint density at radius 3 is 2.63 bits per heavy atom. The number of aliphatic imine (C=N–C) groups is 1. The standard InChI is InChI=1S/C20H10BrCl2NO3/c21-15-4-2-1-3-13(15)19-24-17(20(25)27-19)10-12-6-8-18(26-12)14-9-11(22)5-7-16(14)23/h1-10H/b17-10-. The molecule has 1 aromatic heterocycles. The highest BCUT2D eigenvalue weighted by atomic mass is 79.9. The van der Waals surface area contributed by atoms with Gasteiger partial charge in [-0.15, -0.1) is 0 Å². The molecule has 134 valence electrons. The zero-order chi connectivity index (χ0) is 19.0. The lowest BCUT2D eigenvalue weighted by molar-refractivity contribution is -0.129. The summed E-state index contributed by atoms with van der Waals surface area (Å²) in [6, 6.07) is 16.0. The van der Waals surface area contributed by atoms with Crippen LogP contribution >= 0.6 is 39.1 Å². The van der Waals surface area contributed by atoms with Crippen LogP contribution in [0.3, 0.4) is 0 Å². The Hall–Kier alpha value is -2.34. The van der Waals surface area contributed by atoms with Crippen molar-refractivity contribution in [2.75, 3.05) is 0 Å². The van der Waals surface area contributed by atoms with Gasteiger partial charge in [-0.3, -0.25) is 0 Å². The zero-order valence-electron chi connectivity index (χ0n) is 13.6. The van der Waals surface area contributed by atoms with Gasteiger partial charge in [-0.1, -0.05) is 35.3 Å². The first-order chi connectivity index (χ1) is 13.0. The molecule has 1 aliphatic heterocycles. The lowest BCUT2D eigenvalue weighted by Crippen LogP contribution is -2.05. The van der Waals surface area contributed by atoms with Gasteiger partial charge in [-0.2, -0.15) is 0 Å². The van der Waals surface area contributed by atoms with Gasteiger partial charge in [0.1, 0.15) is 11.5 Å². The molecule has 0 saturated heterocycles. The third-order valence-electron chi connectivity index (χ3n) is 3.82. The molecule has 27 heavy (non-hydrogen) atoms. The molecule has 0 bridgehead atoms. The first-order valence-electron chi connectivity index (χ1n) is 7.84. The van der Waals surface area contributed by atoms with Crippen molar-refractivity contribution in [2.45, 2.75) is 0 Å². The smallest absolute Gasteiger partial charge is 0.363 e. The lowest BCUT2D eigenvalue weighted by atomic mass is 10.2. The Balaban J connectivity index is 1.66. The predicted octanol–water partition coefficient (Wildman–Crippen LogP) is 6.36. The van der Waals surface area contributed by atoms with Crippen LogP contribution in [0.15, 0.2) is 74.2 Å². The van der Waals surface area contributed by atoms with E-state index in [9.17, 15) is 4.79 Å². The van der Waals surface area contributed by atoms with Gasteiger partial charge >= 0.3 is 5.97 Å². The molecular weight excluding hydrogens is 453 g/mol. The first kappa shape index (κ1) is 18.0. The summed E-state index contributed by atoms with van der Waals surface area (Å²) < 4.78 is 11.8. The lowest BCUT2D eigenvalue weighted by Gasteiger charge is -2.01. The van der Waals surface area contributed by atoms with Crippen molar-refractivity contribution in [3.05, 3.63) is 86.1 Å². The normalized spacial score (nSPS) is 15.1. The van der Waals surface area contributed by atoms with E-state index in [1.165, 1.54) is 6.08 Å². The van der Waals surface area contributed by atoms with Crippen LogP contribution in [0, 0.1) is 0 Å². The number of furan rings is 1. The predicted molar refractivity (Wildman–Crippen MR) is 109 cm³/mol. The van der Waals surface area contributed by atoms with E-state index in [-0.39, 0.29) is 11.6 Å². The molecule has 0 spiro atoms. The van der Waals surface area contributed by atoms with E-state index < -0.39 is 5.97 Å². The van der Waals surface area contributed by atoms with Crippen molar-refractivity contribution in [2.24, 2.45) is 4.99 Å². The zero-order valence-corrected chi connectivity index (χ0v) is 16.7. The Bertz CT molecular complexity index is 1120. The van der Waals surface area contributed by atoms with Crippen molar-refractivity contribution in [3.8, 4) is 11.3 Å². The average molecular weight is 463 g/mol.